The van der Waals surface area contributed by atoms with Gasteiger partial charge in [-0.3, -0.25) is 4.79 Å². The lowest BCUT2D eigenvalue weighted by Crippen LogP contribution is -2.27. The van der Waals surface area contributed by atoms with Crippen molar-refractivity contribution in [3.05, 3.63) is 65.4 Å². The maximum absolute atomic E-state index is 12.3. The molecule has 0 saturated heterocycles. The van der Waals surface area contributed by atoms with Gasteiger partial charge in [0.15, 0.2) is 0 Å². The maximum atomic E-state index is 12.3. The number of amides is 1. The van der Waals surface area contributed by atoms with Crippen LogP contribution in [0.1, 0.15) is 24.1 Å². The number of hydrogen-bond donors (Lipinski definition) is 1. The minimum Gasteiger partial charge on any atom is -0.481 e. The molecule has 0 aliphatic heterocycles. The van der Waals surface area contributed by atoms with Gasteiger partial charge in [-0.15, -0.1) is 0 Å². The Bertz CT molecular complexity index is 748. The molecule has 0 radical (unpaired) electrons. The molecule has 1 atom stereocenters. The van der Waals surface area contributed by atoms with Gasteiger partial charge in [0.1, 0.15) is 11.6 Å². The highest BCUT2D eigenvalue weighted by atomic mass is 16.5. The number of benzene rings is 1. The van der Waals surface area contributed by atoms with Gasteiger partial charge in [0.2, 0.25) is 5.88 Å². The zero-order chi connectivity index (χ0) is 16.7. The number of nitrogens with zero attached hydrogens (tertiary/aromatic N) is 2. The van der Waals surface area contributed by atoms with Crippen LogP contribution in [0.15, 0.2) is 54.2 Å². The van der Waals surface area contributed by atoms with Crippen LogP contribution >= 0.6 is 0 Å². The molecule has 0 spiro atoms. The predicted octanol–water partition coefficient (Wildman–Crippen LogP) is 2.87. The van der Waals surface area contributed by atoms with Crippen molar-refractivity contribution < 1.29 is 9.53 Å². The molecular weight excluding hydrogens is 290 g/mol. The van der Waals surface area contributed by atoms with Gasteiger partial charge in [-0.1, -0.05) is 30.3 Å². The smallest absolute Gasteiger partial charge is 0.262 e. The number of aromatic nitrogens is 1. The average Bonchev–Trinajstić information content (AvgIpc) is 2.60. The van der Waals surface area contributed by atoms with Crippen LogP contribution in [0.25, 0.3) is 6.08 Å². The van der Waals surface area contributed by atoms with E-state index in [0.717, 1.165) is 5.56 Å². The molecule has 0 saturated carbocycles. The summed E-state index contributed by atoms with van der Waals surface area (Å²) in [5.41, 5.74) is 1.55. The third kappa shape index (κ3) is 4.17. The summed E-state index contributed by atoms with van der Waals surface area (Å²) in [5.74, 6) is -0.0704. The summed E-state index contributed by atoms with van der Waals surface area (Å²) in [6.07, 6.45) is 3.05. The fraction of sp³-hybridized carbons (Fsp3) is 0.167. The lowest BCUT2D eigenvalue weighted by Gasteiger charge is -2.13. The second-order valence-corrected chi connectivity index (χ2v) is 4.88. The minimum atomic E-state index is -0.435. The molecule has 1 unspecified atom stereocenters. The summed E-state index contributed by atoms with van der Waals surface area (Å²) >= 11 is 0. The molecule has 0 aliphatic rings. The number of carbonyl (C=O) groups is 1. The van der Waals surface area contributed by atoms with E-state index in [-0.39, 0.29) is 11.6 Å². The largest absolute Gasteiger partial charge is 0.481 e. The van der Waals surface area contributed by atoms with E-state index in [1.165, 1.54) is 13.2 Å². The van der Waals surface area contributed by atoms with Gasteiger partial charge in [0.05, 0.1) is 13.2 Å². The van der Waals surface area contributed by atoms with Crippen molar-refractivity contribution in [3.63, 3.8) is 0 Å². The van der Waals surface area contributed by atoms with Gasteiger partial charge in [0.25, 0.3) is 5.91 Å². The third-order valence-electron chi connectivity index (χ3n) is 3.31. The number of nitrogens with one attached hydrogen (secondary N) is 1. The monoisotopic (exact) mass is 307 g/mol. The standard InChI is InChI=1S/C18H17N3O2/c1-13(14-7-4-3-5-8-14)21-17(22)16(12-19)11-15-9-6-10-20-18(15)23-2/h3-11,13H,1-2H3,(H,21,22)/b16-11+. The van der Waals surface area contributed by atoms with Crippen LogP contribution in [-0.2, 0) is 4.79 Å². The molecule has 1 heterocycles. The highest BCUT2D eigenvalue weighted by Gasteiger charge is 2.14. The highest BCUT2D eigenvalue weighted by molar-refractivity contribution is 6.02. The van der Waals surface area contributed by atoms with Crippen molar-refractivity contribution in [2.24, 2.45) is 0 Å². The van der Waals surface area contributed by atoms with Gasteiger partial charge < -0.3 is 10.1 Å². The maximum Gasteiger partial charge on any atom is 0.262 e. The topological polar surface area (TPSA) is 75.0 Å². The molecule has 23 heavy (non-hydrogen) atoms. The van der Waals surface area contributed by atoms with E-state index in [1.807, 2.05) is 43.3 Å². The number of nitriles is 1. The molecule has 5 heteroatoms. The van der Waals surface area contributed by atoms with Crippen molar-refractivity contribution in [1.82, 2.24) is 10.3 Å². The molecule has 0 bridgehead atoms. The van der Waals surface area contributed by atoms with Crippen molar-refractivity contribution in [2.75, 3.05) is 7.11 Å². The fourth-order valence-electron chi connectivity index (χ4n) is 2.09. The van der Waals surface area contributed by atoms with Gasteiger partial charge in [0, 0.05) is 11.8 Å². The number of rotatable bonds is 5. The number of methoxy groups -OCH3 is 1. The number of carbonyl (C=O) groups excluding carboxylic acids is 1. The first-order chi connectivity index (χ1) is 11.2. The van der Waals surface area contributed by atoms with Crippen molar-refractivity contribution in [1.29, 1.82) is 5.26 Å². The van der Waals surface area contributed by atoms with Crippen LogP contribution in [0.5, 0.6) is 5.88 Å². The minimum absolute atomic E-state index is 0.000851. The number of hydrogen-bond acceptors (Lipinski definition) is 4. The highest BCUT2D eigenvalue weighted by Crippen LogP contribution is 2.18. The van der Waals surface area contributed by atoms with E-state index in [1.54, 1.807) is 18.3 Å². The molecule has 2 rings (SSSR count). The molecule has 1 aromatic carbocycles. The summed E-state index contributed by atoms with van der Waals surface area (Å²) in [7, 11) is 1.49. The Balaban J connectivity index is 2.19. The SMILES string of the molecule is COc1ncccc1/C=C(\C#N)C(=O)NC(C)c1ccccc1. The van der Waals surface area contributed by atoms with Gasteiger partial charge >= 0.3 is 0 Å². The first-order valence-electron chi connectivity index (χ1n) is 7.12. The first kappa shape index (κ1) is 16.2. The predicted molar refractivity (Wildman–Crippen MR) is 87.4 cm³/mol. The quantitative estimate of drug-likeness (QED) is 0.681. The van der Waals surface area contributed by atoms with Crippen LogP contribution in [0.2, 0.25) is 0 Å². The second kappa shape index (κ2) is 7.76. The van der Waals surface area contributed by atoms with Crippen molar-refractivity contribution in [3.8, 4) is 11.9 Å². The summed E-state index contributed by atoms with van der Waals surface area (Å²) in [4.78, 5) is 16.3. The molecule has 1 amide bonds. The Kier molecular flexibility index (Phi) is 5.48. The zero-order valence-electron chi connectivity index (χ0n) is 13.0. The van der Waals surface area contributed by atoms with E-state index < -0.39 is 5.91 Å². The Hall–Kier alpha value is -3.13. The number of pyridine rings is 1. The summed E-state index contributed by atoms with van der Waals surface area (Å²) in [5, 5.41) is 12.1. The Morgan fingerprint density at radius 2 is 2.04 bits per heavy atom. The first-order valence-corrected chi connectivity index (χ1v) is 7.12. The lowest BCUT2D eigenvalue weighted by molar-refractivity contribution is -0.117. The molecule has 5 nitrogen and oxygen atoms in total. The zero-order valence-corrected chi connectivity index (χ0v) is 13.0. The van der Waals surface area contributed by atoms with Gasteiger partial charge in [-0.05, 0) is 30.7 Å². The molecule has 2 aromatic rings. The number of ether oxygens (including phenoxy) is 1. The van der Waals surface area contributed by atoms with E-state index in [9.17, 15) is 10.1 Å². The van der Waals surface area contributed by atoms with Gasteiger partial charge in [-0.2, -0.15) is 5.26 Å². The fourth-order valence-corrected chi connectivity index (χ4v) is 2.09. The molecule has 1 aromatic heterocycles. The van der Waals surface area contributed by atoms with Crippen LogP contribution in [-0.4, -0.2) is 18.0 Å². The van der Waals surface area contributed by atoms with Crippen molar-refractivity contribution >= 4 is 12.0 Å². The van der Waals surface area contributed by atoms with Crippen LogP contribution in [0.4, 0.5) is 0 Å². The molecular formula is C18H17N3O2. The van der Waals surface area contributed by atoms with E-state index in [0.29, 0.717) is 11.4 Å². The molecule has 0 fully saturated rings. The normalized spacial score (nSPS) is 12.1. The van der Waals surface area contributed by atoms with E-state index in [4.69, 9.17) is 4.74 Å². The van der Waals surface area contributed by atoms with Crippen LogP contribution < -0.4 is 10.1 Å². The summed E-state index contributed by atoms with van der Waals surface area (Å²) < 4.78 is 5.12. The lowest BCUT2D eigenvalue weighted by atomic mass is 10.1. The van der Waals surface area contributed by atoms with E-state index in [2.05, 4.69) is 10.3 Å². The summed E-state index contributed by atoms with van der Waals surface area (Å²) in [6, 6.07) is 14.7. The molecule has 116 valence electrons. The Morgan fingerprint density at radius 3 is 2.70 bits per heavy atom. The van der Waals surface area contributed by atoms with Crippen molar-refractivity contribution in [2.45, 2.75) is 13.0 Å². The Labute approximate surface area is 135 Å². The van der Waals surface area contributed by atoms with Crippen LogP contribution in [0.3, 0.4) is 0 Å². The third-order valence-corrected chi connectivity index (χ3v) is 3.31. The van der Waals surface area contributed by atoms with E-state index >= 15 is 0 Å². The summed E-state index contributed by atoms with van der Waals surface area (Å²) in [6.45, 7) is 1.87. The Morgan fingerprint density at radius 1 is 1.30 bits per heavy atom. The molecule has 1 N–H and O–H groups in total. The average molecular weight is 307 g/mol. The van der Waals surface area contributed by atoms with Crippen LogP contribution in [0, 0.1) is 11.3 Å². The van der Waals surface area contributed by atoms with Gasteiger partial charge in [-0.25, -0.2) is 4.98 Å². The molecule has 0 aliphatic carbocycles. The second-order valence-electron chi connectivity index (χ2n) is 4.88.